The van der Waals surface area contributed by atoms with Crippen LogP contribution in [0, 0.1) is 5.92 Å². The van der Waals surface area contributed by atoms with Crippen LogP contribution in [0.1, 0.15) is 30.3 Å². The number of nitrogens with zero attached hydrogens (tertiary/aromatic N) is 2. The monoisotopic (exact) mass is 354 g/mol. The van der Waals surface area contributed by atoms with Crippen molar-refractivity contribution in [1.29, 1.82) is 0 Å². The summed E-state index contributed by atoms with van der Waals surface area (Å²) in [5.41, 5.74) is 0.183. The van der Waals surface area contributed by atoms with Crippen LogP contribution in [0.2, 0.25) is 4.34 Å². The van der Waals surface area contributed by atoms with E-state index < -0.39 is 11.9 Å². The number of carboxylic acids is 1. The zero-order chi connectivity index (χ0) is 16.6. The molecular formula is C15H15ClN2O4S. The Balaban J connectivity index is 1.80. The number of aromatic nitrogens is 1. The second-order valence-electron chi connectivity index (χ2n) is 5.51. The van der Waals surface area contributed by atoms with E-state index >= 15 is 0 Å². The maximum Gasteiger partial charge on any atom is 0.308 e. The number of hydrogen-bond acceptors (Lipinski definition) is 5. The van der Waals surface area contributed by atoms with E-state index in [-0.39, 0.29) is 17.6 Å². The molecule has 2 aromatic heterocycles. The summed E-state index contributed by atoms with van der Waals surface area (Å²) in [4.78, 5) is 26.2. The van der Waals surface area contributed by atoms with E-state index in [0.29, 0.717) is 29.5 Å². The minimum atomic E-state index is -0.871. The molecule has 0 bridgehead atoms. The lowest BCUT2D eigenvalue weighted by molar-refractivity contribution is -0.144. The van der Waals surface area contributed by atoms with Crippen LogP contribution in [0.4, 0.5) is 0 Å². The Kier molecular flexibility index (Phi) is 4.41. The Morgan fingerprint density at radius 3 is 2.91 bits per heavy atom. The van der Waals surface area contributed by atoms with Crippen LogP contribution in [-0.4, -0.2) is 39.6 Å². The third kappa shape index (κ3) is 3.11. The number of likely N-dealkylation sites (tertiary alicyclic amines) is 1. The van der Waals surface area contributed by atoms with Gasteiger partial charge in [0.05, 0.1) is 15.1 Å². The Labute approximate surface area is 141 Å². The molecule has 1 saturated heterocycles. The highest BCUT2D eigenvalue weighted by Crippen LogP contribution is 2.32. The van der Waals surface area contributed by atoms with Crippen LogP contribution < -0.4 is 0 Å². The number of aliphatic carboxylic acids is 1. The average molecular weight is 355 g/mol. The highest BCUT2D eigenvalue weighted by Gasteiger charge is 2.36. The number of hydrogen-bond donors (Lipinski definition) is 1. The van der Waals surface area contributed by atoms with Crippen LogP contribution in [0.3, 0.4) is 0 Å². The standard InChI is InChI=1S/C15H15ClN2O4S/c1-8-9(15(20)21)3-2-6-18(8)14(19)10-7-11(22-17-10)12-4-5-13(16)23-12/h4-5,7-9H,2-3,6H2,1H3,(H,20,21)/t8-,9-/m1/s1. The van der Waals surface area contributed by atoms with E-state index in [1.54, 1.807) is 30.0 Å². The van der Waals surface area contributed by atoms with Crippen molar-refractivity contribution in [2.24, 2.45) is 5.92 Å². The smallest absolute Gasteiger partial charge is 0.308 e. The summed E-state index contributed by atoms with van der Waals surface area (Å²) in [7, 11) is 0. The molecule has 122 valence electrons. The minimum absolute atomic E-state index is 0.183. The van der Waals surface area contributed by atoms with Crippen molar-refractivity contribution < 1.29 is 19.2 Å². The molecule has 1 amide bonds. The fourth-order valence-corrected chi connectivity index (χ4v) is 3.84. The predicted molar refractivity (Wildman–Crippen MR) is 85.7 cm³/mol. The van der Waals surface area contributed by atoms with Crippen molar-refractivity contribution in [2.45, 2.75) is 25.8 Å². The Hall–Kier alpha value is -1.86. The van der Waals surface area contributed by atoms with E-state index in [4.69, 9.17) is 16.1 Å². The van der Waals surface area contributed by atoms with Crippen molar-refractivity contribution in [3.8, 4) is 10.6 Å². The number of carboxylic acid groups (broad SMARTS) is 1. The molecule has 0 unspecified atom stereocenters. The lowest BCUT2D eigenvalue weighted by Gasteiger charge is -2.36. The third-order valence-electron chi connectivity index (χ3n) is 4.11. The van der Waals surface area contributed by atoms with E-state index in [9.17, 15) is 14.7 Å². The first kappa shape index (κ1) is 16.0. The Morgan fingerprint density at radius 1 is 1.48 bits per heavy atom. The summed E-state index contributed by atoms with van der Waals surface area (Å²) in [5.74, 6) is -1.25. The van der Waals surface area contributed by atoms with E-state index in [1.807, 2.05) is 0 Å². The van der Waals surface area contributed by atoms with Gasteiger partial charge in [0, 0.05) is 18.7 Å². The molecule has 2 aromatic rings. The van der Waals surface area contributed by atoms with Gasteiger partial charge in [-0.2, -0.15) is 0 Å². The van der Waals surface area contributed by atoms with Crippen molar-refractivity contribution in [1.82, 2.24) is 10.1 Å². The molecule has 8 heteroatoms. The maximum absolute atomic E-state index is 12.6. The first-order chi connectivity index (χ1) is 11.0. The molecule has 2 atom stereocenters. The van der Waals surface area contributed by atoms with Gasteiger partial charge in [-0.25, -0.2) is 0 Å². The fourth-order valence-electron chi connectivity index (χ4n) is 2.85. The molecule has 3 rings (SSSR count). The molecule has 1 aliphatic rings. The number of halogens is 1. The van der Waals surface area contributed by atoms with Crippen LogP contribution >= 0.6 is 22.9 Å². The summed E-state index contributed by atoms with van der Waals surface area (Å²) in [5, 5.41) is 13.1. The third-order valence-corrected chi connectivity index (χ3v) is 5.36. The van der Waals surface area contributed by atoms with Crippen molar-refractivity contribution >= 4 is 34.8 Å². The summed E-state index contributed by atoms with van der Waals surface area (Å²) in [6.45, 7) is 2.28. The van der Waals surface area contributed by atoms with Crippen LogP contribution in [0.15, 0.2) is 22.7 Å². The molecule has 0 spiro atoms. The summed E-state index contributed by atoms with van der Waals surface area (Å²) < 4.78 is 5.85. The predicted octanol–water partition coefficient (Wildman–Crippen LogP) is 3.38. The lowest BCUT2D eigenvalue weighted by Crippen LogP contribution is -2.49. The molecule has 0 aliphatic carbocycles. The van der Waals surface area contributed by atoms with Gasteiger partial charge >= 0.3 is 5.97 Å². The van der Waals surface area contributed by atoms with Gasteiger partial charge < -0.3 is 14.5 Å². The molecule has 23 heavy (non-hydrogen) atoms. The molecule has 3 heterocycles. The minimum Gasteiger partial charge on any atom is -0.481 e. The molecule has 0 radical (unpaired) electrons. The van der Waals surface area contributed by atoms with Gasteiger partial charge in [-0.15, -0.1) is 11.3 Å². The topological polar surface area (TPSA) is 83.6 Å². The summed E-state index contributed by atoms with van der Waals surface area (Å²) in [6.07, 6.45) is 1.25. The number of amides is 1. The van der Waals surface area contributed by atoms with Crippen LogP contribution in [-0.2, 0) is 4.79 Å². The summed E-state index contributed by atoms with van der Waals surface area (Å²) in [6, 6.07) is 4.74. The number of carbonyl (C=O) groups is 2. The quantitative estimate of drug-likeness (QED) is 0.913. The van der Waals surface area contributed by atoms with Crippen molar-refractivity contribution in [2.75, 3.05) is 6.54 Å². The van der Waals surface area contributed by atoms with Crippen molar-refractivity contribution in [3.05, 3.63) is 28.2 Å². The Morgan fingerprint density at radius 2 is 2.26 bits per heavy atom. The maximum atomic E-state index is 12.6. The van der Waals surface area contributed by atoms with Gasteiger partial charge in [0.15, 0.2) is 11.5 Å². The Bertz CT molecular complexity index is 741. The first-order valence-corrected chi connectivity index (χ1v) is 8.43. The van der Waals surface area contributed by atoms with E-state index in [2.05, 4.69) is 5.16 Å². The molecule has 1 N–H and O–H groups in total. The number of piperidine rings is 1. The second kappa shape index (κ2) is 6.33. The van der Waals surface area contributed by atoms with Crippen LogP contribution in [0.5, 0.6) is 0 Å². The molecular weight excluding hydrogens is 340 g/mol. The first-order valence-electron chi connectivity index (χ1n) is 7.23. The van der Waals surface area contributed by atoms with Crippen LogP contribution in [0.25, 0.3) is 10.6 Å². The van der Waals surface area contributed by atoms with Gasteiger partial charge in [0.2, 0.25) is 0 Å². The molecule has 6 nitrogen and oxygen atoms in total. The average Bonchev–Trinajstić information content (AvgIpc) is 3.15. The number of rotatable bonds is 3. The van der Waals surface area contributed by atoms with E-state index in [0.717, 1.165) is 4.88 Å². The SMILES string of the molecule is C[C@@H]1[C@H](C(=O)O)CCCN1C(=O)c1cc(-c2ccc(Cl)s2)on1. The molecule has 1 fully saturated rings. The number of carbonyl (C=O) groups excluding carboxylic acids is 1. The lowest BCUT2D eigenvalue weighted by atomic mass is 9.90. The summed E-state index contributed by atoms with van der Waals surface area (Å²) >= 11 is 7.23. The molecule has 0 aromatic carbocycles. The van der Waals surface area contributed by atoms with E-state index in [1.165, 1.54) is 11.3 Å². The zero-order valence-corrected chi connectivity index (χ0v) is 13.9. The largest absolute Gasteiger partial charge is 0.481 e. The fraction of sp³-hybridized carbons (Fsp3) is 0.400. The highest BCUT2D eigenvalue weighted by molar-refractivity contribution is 7.19. The normalized spacial score (nSPS) is 21.4. The zero-order valence-electron chi connectivity index (χ0n) is 12.4. The van der Waals surface area contributed by atoms with Gasteiger partial charge in [-0.3, -0.25) is 9.59 Å². The van der Waals surface area contributed by atoms with Gasteiger partial charge in [-0.1, -0.05) is 16.8 Å². The van der Waals surface area contributed by atoms with Gasteiger partial charge in [0.1, 0.15) is 0 Å². The second-order valence-corrected chi connectivity index (χ2v) is 7.22. The van der Waals surface area contributed by atoms with Gasteiger partial charge in [-0.05, 0) is 31.9 Å². The molecule has 0 saturated carbocycles. The molecule has 1 aliphatic heterocycles. The van der Waals surface area contributed by atoms with Crippen molar-refractivity contribution in [3.63, 3.8) is 0 Å². The number of thiophene rings is 1. The van der Waals surface area contributed by atoms with Gasteiger partial charge in [0.25, 0.3) is 5.91 Å². The highest BCUT2D eigenvalue weighted by atomic mass is 35.5.